The molecule has 1 rings (SSSR count). The molecule has 0 aromatic heterocycles. The molecular weight excluding hydrogens is 185 g/mol. The average Bonchev–Trinajstić information content (AvgIpc) is 1.90. The fourth-order valence-electron chi connectivity index (χ4n) is 0.483. The van der Waals surface area contributed by atoms with Gasteiger partial charge in [0.05, 0.1) is 0 Å². The smallest absolute Gasteiger partial charge is 0 e. The Morgan fingerprint density at radius 3 is 2.67 bits per heavy atom. The molecule has 1 heteroatoms. The molecule has 0 aliphatic carbocycles. The second kappa shape index (κ2) is 4.73. The number of terminal acetylenes is 1. The SMILES string of the molecule is C#Cc1c[c-]ccc1.[Y]. The van der Waals surface area contributed by atoms with E-state index in [2.05, 4.69) is 12.0 Å². The minimum absolute atomic E-state index is 0. The standard InChI is InChI=1S/C8H5.Y/c1-2-8-6-4-3-5-7-8;/h1,3-4,6-7H;/q-1;. The molecule has 9 heavy (non-hydrogen) atoms. The zero-order chi connectivity index (χ0) is 5.82. The zero-order valence-electron chi connectivity index (χ0n) is 4.96. The largest absolute Gasteiger partial charge is 0.183 e. The van der Waals surface area contributed by atoms with Crippen molar-refractivity contribution in [3.05, 3.63) is 35.9 Å². The summed E-state index contributed by atoms with van der Waals surface area (Å²) in [6, 6.07) is 10.2. The molecule has 0 N–H and O–H groups in total. The average molecular weight is 190 g/mol. The van der Waals surface area contributed by atoms with Crippen molar-refractivity contribution in [1.82, 2.24) is 0 Å². The van der Waals surface area contributed by atoms with Gasteiger partial charge in [-0.05, 0) is 0 Å². The maximum Gasteiger partial charge on any atom is 0 e. The Hall–Kier alpha value is -0.116. The quantitative estimate of drug-likeness (QED) is 0.429. The molecule has 1 radical (unpaired) electrons. The Morgan fingerprint density at radius 2 is 2.33 bits per heavy atom. The maximum atomic E-state index is 5.08. The van der Waals surface area contributed by atoms with Crippen molar-refractivity contribution in [2.24, 2.45) is 0 Å². The van der Waals surface area contributed by atoms with Gasteiger partial charge in [0.2, 0.25) is 0 Å². The van der Waals surface area contributed by atoms with Gasteiger partial charge in [0.15, 0.2) is 0 Å². The summed E-state index contributed by atoms with van der Waals surface area (Å²) < 4.78 is 0. The third-order valence-electron chi connectivity index (χ3n) is 0.874. The molecule has 0 unspecified atom stereocenters. The molecule has 0 amide bonds. The van der Waals surface area contributed by atoms with E-state index < -0.39 is 0 Å². The molecule has 0 aliphatic rings. The van der Waals surface area contributed by atoms with Gasteiger partial charge < -0.3 is 0 Å². The van der Waals surface area contributed by atoms with Crippen molar-refractivity contribution in [1.29, 1.82) is 0 Å². The van der Waals surface area contributed by atoms with Crippen molar-refractivity contribution < 1.29 is 32.7 Å². The second-order valence-electron chi connectivity index (χ2n) is 1.44. The first-order valence-corrected chi connectivity index (χ1v) is 2.36. The van der Waals surface area contributed by atoms with E-state index in [0.29, 0.717) is 0 Å². The summed E-state index contributed by atoms with van der Waals surface area (Å²) in [6.45, 7) is 0. The van der Waals surface area contributed by atoms with E-state index in [9.17, 15) is 0 Å². The van der Waals surface area contributed by atoms with Gasteiger partial charge in [0, 0.05) is 32.7 Å². The van der Waals surface area contributed by atoms with Gasteiger partial charge in [0.25, 0.3) is 0 Å². The summed E-state index contributed by atoms with van der Waals surface area (Å²) in [5, 5.41) is 0. The molecular formula is C8H5Y-. The Bertz CT molecular complexity index is 196. The van der Waals surface area contributed by atoms with Gasteiger partial charge in [-0.2, -0.15) is 30.3 Å². The first-order valence-electron chi connectivity index (χ1n) is 2.36. The van der Waals surface area contributed by atoms with Crippen molar-refractivity contribution in [2.75, 3.05) is 0 Å². The Labute approximate surface area is 80.5 Å². The van der Waals surface area contributed by atoms with Crippen LogP contribution in [0.15, 0.2) is 24.3 Å². The minimum Gasteiger partial charge on any atom is -0.183 e. The third-order valence-corrected chi connectivity index (χ3v) is 0.874. The van der Waals surface area contributed by atoms with E-state index in [1.54, 1.807) is 6.07 Å². The summed E-state index contributed by atoms with van der Waals surface area (Å²) >= 11 is 0. The van der Waals surface area contributed by atoms with Crippen LogP contribution in [-0.4, -0.2) is 0 Å². The molecule has 41 valence electrons. The number of rotatable bonds is 0. The van der Waals surface area contributed by atoms with E-state index in [-0.39, 0.29) is 32.7 Å². The van der Waals surface area contributed by atoms with Crippen molar-refractivity contribution in [2.45, 2.75) is 0 Å². The predicted molar refractivity (Wildman–Crippen MR) is 33.2 cm³/mol. The minimum atomic E-state index is 0. The van der Waals surface area contributed by atoms with Crippen LogP contribution >= 0.6 is 0 Å². The molecule has 0 spiro atoms. The first kappa shape index (κ1) is 8.88. The van der Waals surface area contributed by atoms with Gasteiger partial charge in [-0.15, -0.1) is 12.3 Å². The van der Waals surface area contributed by atoms with E-state index in [0.717, 1.165) is 5.56 Å². The van der Waals surface area contributed by atoms with Gasteiger partial charge in [-0.25, -0.2) is 0 Å². The Kier molecular flexibility index (Phi) is 4.67. The molecule has 0 saturated heterocycles. The van der Waals surface area contributed by atoms with Crippen LogP contribution in [0.5, 0.6) is 0 Å². The summed E-state index contributed by atoms with van der Waals surface area (Å²) in [7, 11) is 0. The molecule has 0 bridgehead atoms. The van der Waals surface area contributed by atoms with Gasteiger partial charge in [0.1, 0.15) is 0 Å². The third kappa shape index (κ3) is 2.79. The molecule has 0 nitrogen and oxygen atoms in total. The van der Waals surface area contributed by atoms with Gasteiger partial charge in [-0.1, -0.05) is 5.56 Å². The Morgan fingerprint density at radius 1 is 1.56 bits per heavy atom. The molecule has 0 heterocycles. The van der Waals surface area contributed by atoms with Crippen LogP contribution in [0.3, 0.4) is 0 Å². The van der Waals surface area contributed by atoms with E-state index in [1.165, 1.54) is 0 Å². The number of hydrogen-bond acceptors (Lipinski definition) is 0. The van der Waals surface area contributed by atoms with Crippen LogP contribution in [0.1, 0.15) is 5.56 Å². The van der Waals surface area contributed by atoms with Gasteiger partial charge in [-0.3, -0.25) is 0 Å². The summed E-state index contributed by atoms with van der Waals surface area (Å²) in [5.74, 6) is 2.50. The normalized spacial score (nSPS) is 7.00. The fourth-order valence-corrected chi connectivity index (χ4v) is 0.483. The maximum absolute atomic E-state index is 5.08. The fraction of sp³-hybridized carbons (Fsp3) is 0. The van der Waals surface area contributed by atoms with E-state index in [1.807, 2.05) is 18.2 Å². The molecule has 1 aromatic rings. The topological polar surface area (TPSA) is 0 Å². The van der Waals surface area contributed by atoms with Crippen LogP contribution in [0.2, 0.25) is 0 Å². The summed E-state index contributed by atoms with van der Waals surface area (Å²) in [6.07, 6.45) is 5.08. The monoisotopic (exact) mass is 190 g/mol. The van der Waals surface area contributed by atoms with E-state index >= 15 is 0 Å². The van der Waals surface area contributed by atoms with E-state index in [4.69, 9.17) is 6.42 Å². The molecule has 0 fully saturated rings. The predicted octanol–water partition coefficient (Wildman–Crippen LogP) is 1.47. The molecule has 0 saturated carbocycles. The summed E-state index contributed by atoms with van der Waals surface area (Å²) in [5.41, 5.74) is 0.882. The molecule has 0 atom stereocenters. The molecule has 1 aromatic carbocycles. The Balaban J connectivity index is 0.000000640. The number of benzene rings is 1. The van der Waals surface area contributed by atoms with Crippen molar-refractivity contribution in [3.8, 4) is 12.3 Å². The van der Waals surface area contributed by atoms with Gasteiger partial charge >= 0.3 is 0 Å². The van der Waals surface area contributed by atoms with Crippen LogP contribution in [0.4, 0.5) is 0 Å². The van der Waals surface area contributed by atoms with Crippen LogP contribution in [-0.2, 0) is 32.7 Å². The first-order chi connectivity index (χ1) is 3.93. The van der Waals surface area contributed by atoms with Crippen LogP contribution in [0.25, 0.3) is 0 Å². The van der Waals surface area contributed by atoms with Crippen molar-refractivity contribution in [3.63, 3.8) is 0 Å². The van der Waals surface area contributed by atoms with Crippen molar-refractivity contribution >= 4 is 0 Å². The second-order valence-corrected chi connectivity index (χ2v) is 1.44. The van der Waals surface area contributed by atoms with Crippen LogP contribution in [0, 0.1) is 18.4 Å². The number of hydrogen-bond donors (Lipinski definition) is 0. The van der Waals surface area contributed by atoms with Crippen LogP contribution < -0.4 is 0 Å². The molecule has 0 aliphatic heterocycles. The zero-order valence-corrected chi connectivity index (χ0v) is 7.80. The summed E-state index contributed by atoms with van der Waals surface area (Å²) in [4.78, 5) is 0.